The van der Waals surface area contributed by atoms with E-state index in [-0.39, 0.29) is 0 Å². The molecule has 3 heteroatoms. The van der Waals surface area contributed by atoms with Gasteiger partial charge in [0.15, 0.2) is 0 Å². The van der Waals surface area contributed by atoms with Crippen molar-refractivity contribution < 1.29 is 0 Å². The first-order valence-corrected chi connectivity index (χ1v) is 7.75. The Morgan fingerprint density at radius 3 is 2.63 bits per heavy atom. The molecule has 0 saturated carbocycles. The summed E-state index contributed by atoms with van der Waals surface area (Å²) in [6, 6.07) is 9.94. The van der Waals surface area contributed by atoms with Crippen LogP contribution in [-0.2, 0) is 6.42 Å². The summed E-state index contributed by atoms with van der Waals surface area (Å²) in [5.74, 6) is 0. The van der Waals surface area contributed by atoms with Crippen molar-refractivity contribution in [3.63, 3.8) is 0 Å². The van der Waals surface area contributed by atoms with Crippen LogP contribution in [-0.4, -0.2) is 24.7 Å². The highest BCUT2D eigenvalue weighted by molar-refractivity contribution is 6.30. The van der Waals surface area contributed by atoms with Gasteiger partial charge >= 0.3 is 0 Å². The van der Waals surface area contributed by atoms with E-state index in [1.807, 2.05) is 12.1 Å². The molecule has 3 atom stereocenters. The first-order chi connectivity index (χ1) is 9.13. The molecule has 1 aliphatic rings. The summed E-state index contributed by atoms with van der Waals surface area (Å²) >= 11 is 5.91. The minimum Gasteiger partial charge on any atom is -0.314 e. The molecule has 1 heterocycles. The maximum absolute atomic E-state index is 5.91. The Bertz CT molecular complexity index is 371. The minimum atomic E-state index is 0.498. The number of rotatable bonds is 6. The van der Waals surface area contributed by atoms with Gasteiger partial charge in [-0.2, -0.15) is 0 Å². The van der Waals surface area contributed by atoms with E-state index in [1.54, 1.807) is 0 Å². The van der Waals surface area contributed by atoms with E-state index in [1.165, 1.54) is 31.4 Å². The lowest BCUT2D eigenvalue weighted by atomic mass is 10.0. The Morgan fingerprint density at radius 1 is 1.26 bits per heavy atom. The van der Waals surface area contributed by atoms with Crippen LogP contribution in [0.3, 0.4) is 0 Å². The number of halogens is 1. The van der Waals surface area contributed by atoms with Gasteiger partial charge in [0.25, 0.3) is 0 Å². The van der Waals surface area contributed by atoms with Crippen LogP contribution >= 0.6 is 11.6 Å². The van der Waals surface area contributed by atoms with E-state index in [2.05, 4.69) is 36.6 Å². The molecule has 2 nitrogen and oxygen atoms in total. The van der Waals surface area contributed by atoms with Gasteiger partial charge in [-0.3, -0.25) is 0 Å². The zero-order valence-corrected chi connectivity index (χ0v) is 12.7. The molecule has 1 aliphatic heterocycles. The summed E-state index contributed by atoms with van der Waals surface area (Å²) < 4.78 is 0. The highest BCUT2D eigenvalue weighted by Crippen LogP contribution is 2.13. The molecule has 2 rings (SSSR count). The van der Waals surface area contributed by atoms with Crippen molar-refractivity contribution in [2.24, 2.45) is 0 Å². The number of nitrogens with one attached hydrogen (secondary N) is 2. The van der Waals surface area contributed by atoms with Gasteiger partial charge in [-0.1, -0.05) is 23.7 Å². The van der Waals surface area contributed by atoms with Crippen LogP contribution in [0.25, 0.3) is 0 Å². The fourth-order valence-electron chi connectivity index (χ4n) is 2.97. The van der Waals surface area contributed by atoms with Crippen molar-refractivity contribution >= 4 is 11.6 Å². The van der Waals surface area contributed by atoms with Crippen LogP contribution in [0.2, 0.25) is 5.02 Å². The van der Waals surface area contributed by atoms with Gasteiger partial charge in [0.05, 0.1) is 0 Å². The number of hydrogen-bond donors (Lipinski definition) is 2. The molecule has 1 saturated heterocycles. The van der Waals surface area contributed by atoms with Gasteiger partial charge in [-0.05, 0) is 63.8 Å². The topological polar surface area (TPSA) is 24.1 Å². The van der Waals surface area contributed by atoms with Gasteiger partial charge in [0.2, 0.25) is 0 Å². The second kappa shape index (κ2) is 7.28. The summed E-state index contributed by atoms with van der Waals surface area (Å²) in [5.41, 5.74) is 1.34. The molecule has 3 unspecified atom stereocenters. The van der Waals surface area contributed by atoms with E-state index < -0.39 is 0 Å². The SMILES string of the molecule is CC(Cc1ccc(Cl)cc1)NC(C)CC1CCCN1. The lowest BCUT2D eigenvalue weighted by molar-refractivity contribution is 0.401. The van der Waals surface area contributed by atoms with Crippen molar-refractivity contribution in [3.05, 3.63) is 34.9 Å². The fourth-order valence-corrected chi connectivity index (χ4v) is 3.10. The van der Waals surface area contributed by atoms with Crippen LogP contribution in [0.5, 0.6) is 0 Å². The lowest BCUT2D eigenvalue weighted by Crippen LogP contribution is -2.39. The molecule has 0 amide bonds. The van der Waals surface area contributed by atoms with Crippen molar-refractivity contribution in [3.8, 4) is 0 Å². The van der Waals surface area contributed by atoms with E-state index in [9.17, 15) is 0 Å². The Hall–Kier alpha value is -0.570. The standard InChI is InChI=1S/C16H25ClN2/c1-12(10-14-5-7-15(17)8-6-14)19-13(2)11-16-4-3-9-18-16/h5-8,12-13,16,18-19H,3-4,9-11H2,1-2H3. The van der Waals surface area contributed by atoms with Crippen molar-refractivity contribution in [1.29, 1.82) is 0 Å². The van der Waals surface area contributed by atoms with Crippen molar-refractivity contribution in [2.75, 3.05) is 6.54 Å². The summed E-state index contributed by atoms with van der Waals surface area (Å²) in [5, 5.41) is 8.07. The maximum atomic E-state index is 5.91. The number of hydrogen-bond acceptors (Lipinski definition) is 2. The fraction of sp³-hybridized carbons (Fsp3) is 0.625. The summed E-state index contributed by atoms with van der Waals surface area (Å²) in [7, 11) is 0. The molecule has 1 aromatic rings. The lowest BCUT2D eigenvalue weighted by Gasteiger charge is -2.23. The number of benzene rings is 1. The molecular weight excluding hydrogens is 256 g/mol. The second-order valence-electron chi connectivity index (χ2n) is 5.83. The van der Waals surface area contributed by atoms with Crippen LogP contribution < -0.4 is 10.6 Å². The molecule has 19 heavy (non-hydrogen) atoms. The third-order valence-corrected chi connectivity index (χ3v) is 4.08. The van der Waals surface area contributed by atoms with Crippen molar-refractivity contribution in [2.45, 2.75) is 57.7 Å². The monoisotopic (exact) mass is 280 g/mol. The van der Waals surface area contributed by atoms with Gasteiger partial charge in [-0.15, -0.1) is 0 Å². The van der Waals surface area contributed by atoms with Crippen LogP contribution in [0.1, 0.15) is 38.7 Å². The van der Waals surface area contributed by atoms with Crippen molar-refractivity contribution in [1.82, 2.24) is 10.6 Å². The molecular formula is C16H25ClN2. The van der Waals surface area contributed by atoms with Crippen LogP contribution in [0.15, 0.2) is 24.3 Å². The molecule has 106 valence electrons. The van der Waals surface area contributed by atoms with Crippen LogP contribution in [0.4, 0.5) is 0 Å². The summed E-state index contributed by atoms with van der Waals surface area (Å²) in [6.45, 7) is 5.74. The quantitative estimate of drug-likeness (QED) is 0.835. The zero-order valence-electron chi connectivity index (χ0n) is 12.0. The Morgan fingerprint density at radius 2 is 2.00 bits per heavy atom. The summed E-state index contributed by atoms with van der Waals surface area (Å²) in [6.07, 6.45) is 4.94. The largest absolute Gasteiger partial charge is 0.314 e. The molecule has 0 bridgehead atoms. The predicted molar refractivity (Wildman–Crippen MR) is 82.9 cm³/mol. The van der Waals surface area contributed by atoms with Gasteiger partial charge in [0.1, 0.15) is 0 Å². The molecule has 1 fully saturated rings. The highest BCUT2D eigenvalue weighted by Gasteiger charge is 2.17. The molecule has 0 aromatic heterocycles. The third-order valence-electron chi connectivity index (χ3n) is 3.82. The molecule has 0 aliphatic carbocycles. The average Bonchev–Trinajstić information content (AvgIpc) is 2.84. The summed E-state index contributed by atoms with van der Waals surface area (Å²) in [4.78, 5) is 0. The van der Waals surface area contributed by atoms with Gasteiger partial charge < -0.3 is 10.6 Å². The Labute approximate surface area is 121 Å². The first-order valence-electron chi connectivity index (χ1n) is 7.37. The predicted octanol–water partition coefficient (Wildman–Crippen LogP) is 3.39. The Balaban J connectivity index is 1.73. The average molecular weight is 281 g/mol. The van der Waals surface area contributed by atoms with E-state index in [0.29, 0.717) is 18.1 Å². The molecule has 0 spiro atoms. The molecule has 2 N–H and O–H groups in total. The highest BCUT2D eigenvalue weighted by atomic mass is 35.5. The smallest absolute Gasteiger partial charge is 0.0406 e. The Kier molecular flexibility index (Phi) is 5.68. The van der Waals surface area contributed by atoms with E-state index in [0.717, 1.165) is 11.4 Å². The maximum Gasteiger partial charge on any atom is 0.0406 e. The van der Waals surface area contributed by atoms with E-state index >= 15 is 0 Å². The molecule has 1 aromatic carbocycles. The van der Waals surface area contributed by atoms with Gasteiger partial charge in [-0.25, -0.2) is 0 Å². The second-order valence-corrected chi connectivity index (χ2v) is 6.26. The van der Waals surface area contributed by atoms with Crippen LogP contribution in [0, 0.1) is 0 Å². The first kappa shape index (κ1) is 14.8. The van der Waals surface area contributed by atoms with E-state index in [4.69, 9.17) is 11.6 Å². The minimum absolute atomic E-state index is 0.498. The molecule has 0 radical (unpaired) electrons. The third kappa shape index (κ3) is 5.13. The normalized spacial score (nSPS) is 22.4. The van der Waals surface area contributed by atoms with Gasteiger partial charge in [0, 0.05) is 23.1 Å². The zero-order chi connectivity index (χ0) is 13.7.